The fraction of sp³-hybridized carbons (Fsp3) is 0.692. The molecule has 0 radical (unpaired) electrons. The van der Waals surface area contributed by atoms with Crippen molar-refractivity contribution in [1.82, 2.24) is 5.32 Å². The van der Waals surface area contributed by atoms with Crippen LogP contribution in [0.4, 0.5) is 0 Å². The van der Waals surface area contributed by atoms with Gasteiger partial charge in [0.1, 0.15) is 0 Å². The lowest BCUT2D eigenvalue weighted by atomic mass is 10.1. The van der Waals surface area contributed by atoms with E-state index in [4.69, 9.17) is 0 Å². The zero-order valence-corrected chi connectivity index (χ0v) is 10.7. The monoisotopic (exact) mass is 239 g/mol. The first-order valence-electron chi connectivity index (χ1n) is 6.20. The molecule has 16 heavy (non-hydrogen) atoms. The van der Waals surface area contributed by atoms with Crippen molar-refractivity contribution in [2.75, 3.05) is 0 Å². The number of hydrogen-bond acceptors (Lipinski definition) is 3. The maximum Gasteiger partial charge on any atom is 0.0693 e. The molecule has 2 N–H and O–H groups in total. The highest BCUT2D eigenvalue weighted by Gasteiger charge is 2.20. The van der Waals surface area contributed by atoms with Gasteiger partial charge in [-0.1, -0.05) is 19.3 Å². The van der Waals surface area contributed by atoms with Crippen LogP contribution in [0.5, 0.6) is 0 Å². The molecule has 90 valence electrons. The predicted molar refractivity (Wildman–Crippen MR) is 68.8 cm³/mol. The van der Waals surface area contributed by atoms with Crippen LogP contribution in [0.1, 0.15) is 43.2 Å². The molecule has 0 aromatic carbocycles. The first-order chi connectivity index (χ1) is 7.77. The molecular weight excluding hydrogens is 218 g/mol. The number of nitrogens with one attached hydrogen (secondary N) is 1. The Bertz CT molecular complexity index is 323. The number of aryl methyl sites for hydroxylation is 1. The van der Waals surface area contributed by atoms with Gasteiger partial charge in [0.05, 0.1) is 6.10 Å². The van der Waals surface area contributed by atoms with E-state index in [2.05, 4.69) is 23.0 Å². The van der Waals surface area contributed by atoms with Gasteiger partial charge in [0.2, 0.25) is 0 Å². The van der Waals surface area contributed by atoms with Crippen LogP contribution in [-0.2, 0) is 6.54 Å². The van der Waals surface area contributed by atoms with Crippen molar-refractivity contribution in [2.24, 2.45) is 0 Å². The Morgan fingerprint density at radius 2 is 2.12 bits per heavy atom. The normalized spacial score (nSPS) is 26.6. The van der Waals surface area contributed by atoms with Gasteiger partial charge in [-0.3, -0.25) is 0 Å². The van der Waals surface area contributed by atoms with Gasteiger partial charge < -0.3 is 10.4 Å². The van der Waals surface area contributed by atoms with E-state index in [-0.39, 0.29) is 6.10 Å². The number of hydrogen-bond donors (Lipinski definition) is 2. The van der Waals surface area contributed by atoms with E-state index < -0.39 is 0 Å². The van der Waals surface area contributed by atoms with Gasteiger partial charge in [0.15, 0.2) is 0 Å². The summed E-state index contributed by atoms with van der Waals surface area (Å²) in [6, 6.07) is 0.293. The van der Waals surface area contributed by atoms with Crippen molar-refractivity contribution < 1.29 is 5.11 Å². The lowest BCUT2D eigenvalue weighted by molar-refractivity contribution is 0.119. The maximum absolute atomic E-state index is 9.99. The highest BCUT2D eigenvalue weighted by atomic mass is 32.1. The summed E-state index contributed by atoms with van der Waals surface area (Å²) in [5, 5.41) is 17.9. The van der Waals surface area contributed by atoms with Crippen molar-refractivity contribution in [3.05, 3.63) is 21.9 Å². The molecule has 1 aliphatic rings. The average Bonchev–Trinajstić information content (AvgIpc) is 2.56. The minimum Gasteiger partial charge on any atom is -0.392 e. The Kier molecular flexibility index (Phi) is 4.38. The molecule has 2 unspecified atom stereocenters. The van der Waals surface area contributed by atoms with E-state index in [1.165, 1.54) is 30.4 Å². The van der Waals surface area contributed by atoms with Crippen molar-refractivity contribution in [3.63, 3.8) is 0 Å². The van der Waals surface area contributed by atoms with Crippen LogP contribution in [0.2, 0.25) is 0 Å². The van der Waals surface area contributed by atoms with Crippen molar-refractivity contribution >= 4 is 11.3 Å². The molecular formula is C13H21NOS. The summed E-state index contributed by atoms with van der Waals surface area (Å²) >= 11 is 1.76. The lowest BCUT2D eigenvalue weighted by Crippen LogP contribution is -2.38. The second-order valence-corrected chi connectivity index (χ2v) is 5.52. The summed E-state index contributed by atoms with van der Waals surface area (Å²) in [6.45, 7) is 3.05. The Balaban J connectivity index is 1.86. The van der Waals surface area contributed by atoms with E-state index in [0.717, 1.165) is 19.4 Å². The van der Waals surface area contributed by atoms with Crippen molar-refractivity contribution in [3.8, 4) is 0 Å². The van der Waals surface area contributed by atoms with Crippen LogP contribution >= 0.6 is 11.3 Å². The van der Waals surface area contributed by atoms with Crippen LogP contribution in [0.15, 0.2) is 10.8 Å². The quantitative estimate of drug-likeness (QED) is 0.795. The van der Waals surface area contributed by atoms with Crippen LogP contribution in [0.25, 0.3) is 0 Å². The van der Waals surface area contributed by atoms with Gasteiger partial charge in [0, 0.05) is 12.6 Å². The summed E-state index contributed by atoms with van der Waals surface area (Å²) in [5.74, 6) is 0. The molecule has 0 saturated heterocycles. The molecule has 0 spiro atoms. The molecule has 1 heterocycles. The smallest absolute Gasteiger partial charge is 0.0693 e. The molecule has 0 aliphatic heterocycles. The molecule has 1 aromatic heterocycles. The first-order valence-corrected chi connectivity index (χ1v) is 7.15. The Labute approximate surface area is 102 Å². The van der Waals surface area contributed by atoms with E-state index >= 15 is 0 Å². The lowest BCUT2D eigenvalue weighted by Gasteiger charge is -2.21. The minimum atomic E-state index is -0.151. The van der Waals surface area contributed by atoms with E-state index in [0.29, 0.717) is 6.04 Å². The highest BCUT2D eigenvalue weighted by Crippen LogP contribution is 2.19. The molecule has 0 bridgehead atoms. The molecule has 1 aromatic rings. The van der Waals surface area contributed by atoms with E-state index in [1.54, 1.807) is 11.3 Å². The Morgan fingerprint density at radius 3 is 2.88 bits per heavy atom. The molecule has 2 nitrogen and oxygen atoms in total. The predicted octanol–water partition coefficient (Wildman–Crippen LogP) is 2.84. The second-order valence-electron chi connectivity index (χ2n) is 4.77. The fourth-order valence-corrected chi connectivity index (χ4v) is 3.19. The molecule has 1 fully saturated rings. The first kappa shape index (κ1) is 12.1. The Morgan fingerprint density at radius 1 is 1.31 bits per heavy atom. The van der Waals surface area contributed by atoms with Gasteiger partial charge in [0.25, 0.3) is 0 Å². The largest absolute Gasteiger partial charge is 0.392 e. The zero-order chi connectivity index (χ0) is 11.4. The fourth-order valence-electron chi connectivity index (χ4n) is 2.34. The third-order valence-corrected chi connectivity index (χ3v) is 4.41. The topological polar surface area (TPSA) is 32.3 Å². The summed E-state index contributed by atoms with van der Waals surface area (Å²) < 4.78 is 0. The van der Waals surface area contributed by atoms with Gasteiger partial charge in [-0.05, 0) is 41.7 Å². The van der Waals surface area contributed by atoms with Gasteiger partial charge >= 0.3 is 0 Å². The molecule has 0 amide bonds. The van der Waals surface area contributed by atoms with Crippen molar-refractivity contribution in [1.29, 1.82) is 0 Å². The number of thiophene rings is 1. The molecule has 3 heteroatoms. The second kappa shape index (κ2) is 5.80. The van der Waals surface area contributed by atoms with Crippen LogP contribution in [0.3, 0.4) is 0 Å². The van der Waals surface area contributed by atoms with Crippen molar-refractivity contribution in [2.45, 2.75) is 57.7 Å². The molecule has 1 aliphatic carbocycles. The zero-order valence-electron chi connectivity index (χ0n) is 9.91. The third kappa shape index (κ3) is 3.06. The van der Waals surface area contributed by atoms with Gasteiger partial charge in [-0.2, -0.15) is 11.3 Å². The SMILES string of the molecule is Cc1cscc1CNC1CCCCCC1O. The van der Waals surface area contributed by atoms with E-state index in [9.17, 15) is 5.11 Å². The average molecular weight is 239 g/mol. The molecule has 1 saturated carbocycles. The molecule has 2 atom stereocenters. The van der Waals surface area contributed by atoms with E-state index in [1.807, 2.05) is 0 Å². The minimum absolute atomic E-state index is 0.151. The number of rotatable bonds is 3. The summed E-state index contributed by atoms with van der Waals surface area (Å²) in [5.41, 5.74) is 2.74. The van der Waals surface area contributed by atoms with Gasteiger partial charge in [-0.25, -0.2) is 0 Å². The van der Waals surface area contributed by atoms with Crippen LogP contribution in [0, 0.1) is 6.92 Å². The standard InChI is InChI=1S/C13H21NOS/c1-10-8-16-9-11(10)7-14-12-5-3-2-4-6-13(12)15/h8-9,12-15H,2-7H2,1H3. The van der Waals surface area contributed by atoms with Crippen LogP contribution in [-0.4, -0.2) is 17.3 Å². The molecule has 2 rings (SSSR count). The summed E-state index contributed by atoms with van der Waals surface area (Å²) in [6.07, 6.45) is 5.62. The highest BCUT2D eigenvalue weighted by molar-refractivity contribution is 7.08. The summed E-state index contributed by atoms with van der Waals surface area (Å²) in [7, 11) is 0. The van der Waals surface area contributed by atoms with Crippen LogP contribution < -0.4 is 5.32 Å². The third-order valence-electron chi connectivity index (χ3n) is 3.50. The maximum atomic E-state index is 9.99. The van der Waals surface area contributed by atoms with Gasteiger partial charge in [-0.15, -0.1) is 0 Å². The summed E-state index contributed by atoms with van der Waals surface area (Å²) in [4.78, 5) is 0. The number of aliphatic hydroxyl groups is 1. The number of aliphatic hydroxyl groups excluding tert-OH is 1. The Hall–Kier alpha value is -0.380.